The van der Waals surface area contributed by atoms with Crippen LogP contribution in [0.15, 0.2) is 30.3 Å². The molecule has 3 saturated carbocycles. The highest BCUT2D eigenvalue weighted by atomic mass is 19.4. The quantitative estimate of drug-likeness (QED) is 0.356. The highest BCUT2D eigenvalue weighted by molar-refractivity contribution is 5.99. The first-order valence-electron chi connectivity index (χ1n) is 14.2. The number of rotatable bonds is 8. The van der Waals surface area contributed by atoms with E-state index in [1.807, 2.05) is 0 Å². The molecule has 0 spiro atoms. The van der Waals surface area contributed by atoms with Gasteiger partial charge in [0.15, 0.2) is 11.6 Å². The van der Waals surface area contributed by atoms with Crippen molar-refractivity contribution in [1.82, 2.24) is 5.32 Å². The second-order valence-corrected chi connectivity index (χ2v) is 11.5. The van der Waals surface area contributed by atoms with Crippen LogP contribution in [0.3, 0.4) is 0 Å². The lowest BCUT2D eigenvalue weighted by atomic mass is 9.83. The predicted octanol–water partition coefficient (Wildman–Crippen LogP) is 5.20. The summed E-state index contributed by atoms with van der Waals surface area (Å²) < 4.78 is 79.3. The molecule has 0 saturated heterocycles. The van der Waals surface area contributed by atoms with Gasteiger partial charge < -0.3 is 25.8 Å². The summed E-state index contributed by atoms with van der Waals surface area (Å²) in [5.41, 5.74) is 3.66. The lowest BCUT2D eigenvalue weighted by Crippen LogP contribution is -2.48. The van der Waals surface area contributed by atoms with Crippen molar-refractivity contribution >= 4 is 23.4 Å². The van der Waals surface area contributed by atoms with E-state index in [9.17, 15) is 36.3 Å². The zero-order chi connectivity index (χ0) is 31.1. The van der Waals surface area contributed by atoms with E-state index in [2.05, 4.69) is 10.6 Å². The molecule has 2 aromatic rings. The van der Waals surface area contributed by atoms with Crippen LogP contribution in [0.4, 0.5) is 27.6 Å². The first-order chi connectivity index (χ1) is 20.3. The Bertz CT molecular complexity index is 1410. The number of nitrogens with two attached hydrogens (primary N) is 1. The fourth-order valence-corrected chi connectivity index (χ4v) is 6.77. The first kappa shape index (κ1) is 30.6. The molecule has 43 heavy (non-hydrogen) atoms. The summed E-state index contributed by atoms with van der Waals surface area (Å²) in [4.78, 5) is 38.3. The van der Waals surface area contributed by atoms with Crippen LogP contribution in [0, 0.1) is 35.3 Å². The van der Waals surface area contributed by atoms with Crippen molar-refractivity contribution in [3.8, 4) is 11.5 Å². The molecule has 232 valence electrons. The van der Waals surface area contributed by atoms with Gasteiger partial charge >= 0.3 is 6.18 Å². The summed E-state index contributed by atoms with van der Waals surface area (Å²) in [5.74, 6) is -5.16. The summed E-state index contributed by atoms with van der Waals surface area (Å²) in [6.07, 6.45) is -1.22. The Morgan fingerprint density at radius 2 is 1.60 bits per heavy atom. The number of ether oxygens (including phenoxy) is 2. The number of benzene rings is 2. The fraction of sp³-hybridized carbons (Fsp3) is 0.500. The Morgan fingerprint density at radius 3 is 2.26 bits per heavy atom. The van der Waals surface area contributed by atoms with E-state index in [1.54, 1.807) is 0 Å². The zero-order valence-corrected chi connectivity index (χ0v) is 23.3. The number of amides is 3. The number of carbonyl (C=O) groups excluding carboxylic acids is 3. The van der Waals surface area contributed by atoms with Gasteiger partial charge in [0.25, 0.3) is 5.91 Å². The van der Waals surface area contributed by atoms with Crippen molar-refractivity contribution in [2.75, 3.05) is 12.4 Å². The standard InChI is InChI=1S/C30H32F5N3O5/c1-42-23-13-22(32)24(43-18-7-4-14(5-8-18)27(36)39)12-19(23)28(40)38-26-16-3-2-15(10-16)25(26)29(41)37-17-6-9-21(31)20(11-17)30(33,34)35/h6,9,11-16,18,25-26H,2-5,7-8,10H2,1H3,(H2,36,39)(H,37,41)(H,38,40). The van der Waals surface area contributed by atoms with Gasteiger partial charge in [-0.2, -0.15) is 13.2 Å². The molecule has 3 aliphatic carbocycles. The summed E-state index contributed by atoms with van der Waals surface area (Å²) in [5, 5.41) is 5.35. The molecular weight excluding hydrogens is 577 g/mol. The third kappa shape index (κ3) is 6.40. The molecule has 0 aromatic heterocycles. The van der Waals surface area contributed by atoms with Crippen LogP contribution in [-0.4, -0.2) is 37.0 Å². The van der Waals surface area contributed by atoms with Gasteiger partial charge in [-0.05, 0) is 81.0 Å². The van der Waals surface area contributed by atoms with Crippen LogP contribution in [-0.2, 0) is 15.8 Å². The fourth-order valence-electron chi connectivity index (χ4n) is 6.77. The lowest BCUT2D eigenvalue weighted by Gasteiger charge is -2.31. The molecule has 13 heteroatoms. The number of hydrogen-bond donors (Lipinski definition) is 3. The van der Waals surface area contributed by atoms with Gasteiger partial charge in [0.1, 0.15) is 11.6 Å². The monoisotopic (exact) mass is 609 g/mol. The normalized spacial score (nSPS) is 26.6. The van der Waals surface area contributed by atoms with Gasteiger partial charge in [0, 0.05) is 23.7 Å². The van der Waals surface area contributed by atoms with Crippen molar-refractivity contribution in [2.45, 2.75) is 63.3 Å². The number of methoxy groups -OCH3 is 1. The van der Waals surface area contributed by atoms with E-state index >= 15 is 0 Å². The van der Waals surface area contributed by atoms with Crippen LogP contribution in [0.1, 0.15) is 60.9 Å². The lowest BCUT2D eigenvalue weighted by molar-refractivity contribution is -0.140. The van der Waals surface area contributed by atoms with Crippen LogP contribution in [0.2, 0.25) is 0 Å². The maximum atomic E-state index is 14.9. The number of alkyl halides is 3. The molecule has 4 atom stereocenters. The average molecular weight is 610 g/mol. The van der Waals surface area contributed by atoms with Crippen molar-refractivity contribution in [3.05, 3.63) is 53.1 Å². The van der Waals surface area contributed by atoms with Crippen molar-refractivity contribution in [2.24, 2.45) is 29.4 Å². The van der Waals surface area contributed by atoms with Gasteiger partial charge in [-0.1, -0.05) is 0 Å². The topological polar surface area (TPSA) is 120 Å². The Kier molecular flexibility index (Phi) is 8.53. The first-order valence-corrected chi connectivity index (χ1v) is 14.2. The van der Waals surface area contributed by atoms with Crippen LogP contribution in [0.25, 0.3) is 0 Å². The van der Waals surface area contributed by atoms with E-state index in [1.165, 1.54) is 13.2 Å². The molecule has 3 amide bonds. The number of fused-ring (bicyclic) bond motifs is 2. The summed E-state index contributed by atoms with van der Waals surface area (Å²) >= 11 is 0. The van der Waals surface area contributed by atoms with Gasteiger partial charge in [-0.25, -0.2) is 8.78 Å². The van der Waals surface area contributed by atoms with Gasteiger partial charge in [-0.3, -0.25) is 14.4 Å². The molecule has 4 unspecified atom stereocenters. The molecule has 0 aliphatic heterocycles. The predicted molar refractivity (Wildman–Crippen MR) is 144 cm³/mol. The number of carbonyl (C=O) groups is 3. The Hall–Kier alpha value is -3.90. The highest BCUT2D eigenvalue weighted by Gasteiger charge is 2.51. The SMILES string of the molecule is COc1cc(F)c(OC2CCC(C(N)=O)CC2)cc1C(=O)NC1C2CCC(C2)C1C(=O)Nc1ccc(F)c(C(F)(F)F)c1. The molecule has 2 aromatic carbocycles. The Morgan fingerprint density at radius 1 is 0.907 bits per heavy atom. The van der Waals surface area contributed by atoms with E-state index in [0.29, 0.717) is 50.7 Å². The van der Waals surface area contributed by atoms with Crippen LogP contribution >= 0.6 is 0 Å². The minimum atomic E-state index is -4.94. The molecule has 3 fully saturated rings. The molecule has 0 radical (unpaired) electrons. The average Bonchev–Trinajstić information content (AvgIpc) is 3.56. The third-order valence-corrected chi connectivity index (χ3v) is 8.93. The number of anilines is 1. The molecular formula is C30H32F5N3O5. The third-order valence-electron chi connectivity index (χ3n) is 8.93. The van der Waals surface area contributed by atoms with Crippen molar-refractivity contribution in [1.29, 1.82) is 0 Å². The van der Waals surface area contributed by atoms with E-state index < -0.39 is 47.1 Å². The Balaban J connectivity index is 1.32. The van der Waals surface area contributed by atoms with Gasteiger partial charge in [0.2, 0.25) is 11.8 Å². The van der Waals surface area contributed by atoms with Crippen LogP contribution < -0.4 is 25.8 Å². The maximum Gasteiger partial charge on any atom is 0.419 e. The second-order valence-electron chi connectivity index (χ2n) is 11.5. The summed E-state index contributed by atoms with van der Waals surface area (Å²) in [6, 6.07) is 3.87. The maximum absolute atomic E-state index is 14.9. The van der Waals surface area contributed by atoms with Crippen molar-refractivity contribution < 1.29 is 45.8 Å². The van der Waals surface area contributed by atoms with E-state index in [4.69, 9.17) is 15.2 Å². The molecule has 2 bridgehead atoms. The Labute approximate surface area is 244 Å². The molecule has 0 heterocycles. The number of hydrogen-bond acceptors (Lipinski definition) is 5. The number of nitrogens with one attached hydrogen (secondary N) is 2. The second kappa shape index (κ2) is 12.0. The van der Waals surface area contributed by atoms with E-state index in [0.717, 1.165) is 18.6 Å². The van der Waals surface area contributed by atoms with Gasteiger partial charge in [-0.15, -0.1) is 0 Å². The highest BCUT2D eigenvalue weighted by Crippen LogP contribution is 2.49. The molecule has 4 N–H and O–H groups in total. The minimum Gasteiger partial charge on any atom is -0.496 e. The van der Waals surface area contributed by atoms with Gasteiger partial charge in [0.05, 0.1) is 30.3 Å². The summed E-state index contributed by atoms with van der Waals surface area (Å²) in [7, 11) is 1.28. The zero-order valence-electron chi connectivity index (χ0n) is 23.3. The minimum absolute atomic E-state index is 0.0139. The number of halogens is 5. The molecule has 5 rings (SSSR count). The largest absolute Gasteiger partial charge is 0.496 e. The summed E-state index contributed by atoms with van der Waals surface area (Å²) in [6.45, 7) is 0. The smallest absolute Gasteiger partial charge is 0.419 e. The number of primary amides is 1. The molecule has 8 nitrogen and oxygen atoms in total. The van der Waals surface area contributed by atoms with E-state index in [-0.39, 0.29) is 52.5 Å². The van der Waals surface area contributed by atoms with Crippen LogP contribution in [0.5, 0.6) is 11.5 Å². The van der Waals surface area contributed by atoms with Crippen molar-refractivity contribution in [3.63, 3.8) is 0 Å². The molecule has 3 aliphatic rings.